The molecule has 80 valence electrons. The largest absolute Gasteiger partial charge is 0.381 e. The molecule has 0 aromatic rings. The summed E-state index contributed by atoms with van der Waals surface area (Å²) in [6, 6.07) is 0.622. The Morgan fingerprint density at radius 2 is 1.92 bits per heavy atom. The van der Waals surface area contributed by atoms with Gasteiger partial charge in [0.05, 0.1) is 0 Å². The molecule has 0 aromatic heterocycles. The van der Waals surface area contributed by atoms with Crippen LogP contribution >= 0.6 is 0 Å². The van der Waals surface area contributed by atoms with Crippen molar-refractivity contribution in [3.63, 3.8) is 0 Å². The van der Waals surface area contributed by atoms with Crippen LogP contribution in [-0.4, -0.2) is 26.3 Å². The molecule has 2 heteroatoms. The first-order valence-electron chi connectivity index (χ1n) is 5.45. The highest BCUT2D eigenvalue weighted by molar-refractivity contribution is 4.65. The van der Waals surface area contributed by atoms with Crippen LogP contribution in [0.4, 0.5) is 0 Å². The Bertz CT molecular complexity index is 104. The predicted molar refractivity (Wildman–Crippen MR) is 58.0 cm³/mol. The van der Waals surface area contributed by atoms with E-state index in [4.69, 9.17) is 4.74 Å². The third kappa shape index (κ3) is 8.26. The molecule has 0 aliphatic rings. The first-order valence-corrected chi connectivity index (χ1v) is 5.45. The maximum atomic E-state index is 5.46. The van der Waals surface area contributed by atoms with E-state index < -0.39 is 0 Å². The second-order valence-corrected chi connectivity index (χ2v) is 4.02. The molecule has 0 aliphatic heterocycles. The molecular formula is C11H25NO. The smallest absolute Gasteiger partial charge is 0.0480 e. The summed E-state index contributed by atoms with van der Waals surface area (Å²) in [7, 11) is 2.03. The van der Waals surface area contributed by atoms with Crippen molar-refractivity contribution in [1.29, 1.82) is 0 Å². The molecule has 13 heavy (non-hydrogen) atoms. The van der Waals surface area contributed by atoms with E-state index in [2.05, 4.69) is 26.1 Å². The van der Waals surface area contributed by atoms with Gasteiger partial charge in [-0.05, 0) is 32.2 Å². The first kappa shape index (κ1) is 12.9. The summed E-state index contributed by atoms with van der Waals surface area (Å²) in [5.41, 5.74) is 0. The second-order valence-electron chi connectivity index (χ2n) is 4.02. The van der Waals surface area contributed by atoms with Gasteiger partial charge in [-0.3, -0.25) is 0 Å². The lowest BCUT2D eigenvalue weighted by atomic mass is 10.0. The predicted octanol–water partition coefficient (Wildman–Crippen LogP) is 2.44. The molecule has 0 aliphatic carbocycles. The molecule has 0 heterocycles. The van der Waals surface area contributed by atoms with Gasteiger partial charge in [0, 0.05) is 19.3 Å². The molecule has 0 rings (SSSR count). The van der Waals surface area contributed by atoms with E-state index in [0.717, 1.165) is 32.0 Å². The molecule has 2 nitrogen and oxygen atoms in total. The molecule has 0 saturated carbocycles. The van der Waals surface area contributed by atoms with E-state index >= 15 is 0 Å². The highest BCUT2D eigenvalue weighted by atomic mass is 16.5. The number of hydrogen-bond donors (Lipinski definition) is 1. The summed E-state index contributed by atoms with van der Waals surface area (Å²) >= 11 is 0. The monoisotopic (exact) mass is 187 g/mol. The summed E-state index contributed by atoms with van der Waals surface area (Å²) in [5, 5.41) is 3.33. The van der Waals surface area contributed by atoms with Crippen molar-refractivity contribution in [2.24, 2.45) is 5.92 Å². The fourth-order valence-electron chi connectivity index (χ4n) is 1.42. The average Bonchev–Trinajstić information content (AvgIpc) is 2.09. The zero-order chi connectivity index (χ0) is 10.1. The normalized spacial score (nSPS) is 13.6. The van der Waals surface area contributed by atoms with E-state index in [1.807, 2.05) is 7.05 Å². The summed E-state index contributed by atoms with van der Waals surface area (Å²) in [6.07, 6.45) is 3.50. The van der Waals surface area contributed by atoms with Gasteiger partial charge in [-0.1, -0.05) is 20.8 Å². The third-order valence-corrected chi connectivity index (χ3v) is 2.12. The maximum Gasteiger partial charge on any atom is 0.0480 e. The fourth-order valence-corrected chi connectivity index (χ4v) is 1.42. The van der Waals surface area contributed by atoms with Gasteiger partial charge < -0.3 is 10.1 Å². The summed E-state index contributed by atoms with van der Waals surface area (Å²) in [4.78, 5) is 0. The molecule has 1 unspecified atom stereocenters. The van der Waals surface area contributed by atoms with Crippen LogP contribution in [0.1, 0.15) is 40.0 Å². The Balaban J connectivity index is 3.36. The standard InChI is InChI=1S/C11H25NO/c1-5-7-13-8-6-11(12-4)9-10(2)3/h10-12H,5-9H2,1-4H3. The lowest BCUT2D eigenvalue weighted by molar-refractivity contribution is 0.123. The third-order valence-electron chi connectivity index (χ3n) is 2.12. The van der Waals surface area contributed by atoms with Gasteiger partial charge in [-0.25, -0.2) is 0 Å². The molecule has 0 amide bonds. The molecule has 0 fully saturated rings. The van der Waals surface area contributed by atoms with Crippen LogP contribution < -0.4 is 5.32 Å². The number of ether oxygens (including phenoxy) is 1. The Labute approximate surface area is 83.1 Å². The minimum Gasteiger partial charge on any atom is -0.381 e. The van der Waals surface area contributed by atoms with Crippen LogP contribution in [0.2, 0.25) is 0 Å². The minimum atomic E-state index is 0.622. The van der Waals surface area contributed by atoms with Crippen molar-refractivity contribution < 1.29 is 4.74 Å². The van der Waals surface area contributed by atoms with Crippen molar-refractivity contribution in [2.75, 3.05) is 20.3 Å². The molecule has 0 aromatic carbocycles. The Morgan fingerprint density at radius 1 is 1.23 bits per heavy atom. The van der Waals surface area contributed by atoms with Crippen LogP contribution in [0.3, 0.4) is 0 Å². The maximum absolute atomic E-state index is 5.46. The topological polar surface area (TPSA) is 21.3 Å². The first-order chi connectivity index (χ1) is 6.20. The van der Waals surface area contributed by atoms with Crippen molar-refractivity contribution in [1.82, 2.24) is 5.32 Å². The van der Waals surface area contributed by atoms with Crippen LogP contribution in [0.5, 0.6) is 0 Å². The molecule has 0 saturated heterocycles. The summed E-state index contributed by atoms with van der Waals surface area (Å²) < 4.78 is 5.46. The lowest BCUT2D eigenvalue weighted by Crippen LogP contribution is -2.28. The van der Waals surface area contributed by atoms with Gasteiger partial charge in [0.2, 0.25) is 0 Å². The molecule has 1 N–H and O–H groups in total. The second kappa shape index (κ2) is 8.52. The summed E-state index contributed by atoms with van der Waals surface area (Å²) in [6.45, 7) is 8.46. The fraction of sp³-hybridized carbons (Fsp3) is 1.00. The number of nitrogens with one attached hydrogen (secondary N) is 1. The van der Waals surface area contributed by atoms with Crippen molar-refractivity contribution in [2.45, 2.75) is 46.1 Å². The van der Waals surface area contributed by atoms with Crippen LogP contribution in [0, 0.1) is 5.92 Å². The Kier molecular flexibility index (Phi) is 8.46. The van der Waals surface area contributed by atoms with Crippen LogP contribution in [-0.2, 0) is 4.74 Å². The zero-order valence-corrected chi connectivity index (χ0v) is 9.60. The van der Waals surface area contributed by atoms with Gasteiger partial charge in [0.25, 0.3) is 0 Å². The van der Waals surface area contributed by atoms with E-state index in [-0.39, 0.29) is 0 Å². The van der Waals surface area contributed by atoms with Crippen molar-refractivity contribution >= 4 is 0 Å². The van der Waals surface area contributed by atoms with Gasteiger partial charge in [-0.2, -0.15) is 0 Å². The minimum absolute atomic E-state index is 0.622. The van der Waals surface area contributed by atoms with Gasteiger partial charge >= 0.3 is 0 Å². The Morgan fingerprint density at radius 3 is 2.38 bits per heavy atom. The van der Waals surface area contributed by atoms with E-state index in [1.165, 1.54) is 6.42 Å². The Hall–Kier alpha value is -0.0800. The van der Waals surface area contributed by atoms with Crippen molar-refractivity contribution in [3.8, 4) is 0 Å². The molecule has 1 atom stereocenters. The SMILES string of the molecule is CCCOCCC(CC(C)C)NC. The van der Waals surface area contributed by atoms with E-state index in [9.17, 15) is 0 Å². The van der Waals surface area contributed by atoms with Gasteiger partial charge in [0.1, 0.15) is 0 Å². The van der Waals surface area contributed by atoms with Gasteiger partial charge in [-0.15, -0.1) is 0 Å². The summed E-state index contributed by atoms with van der Waals surface area (Å²) in [5.74, 6) is 0.767. The highest BCUT2D eigenvalue weighted by Crippen LogP contribution is 2.07. The molecule has 0 bridgehead atoms. The number of hydrogen-bond acceptors (Lipinski definition) is 2. The van der Waals surface area contributed by atoms with Crippen molar-refractivity contribution in [3.05, 3.63) is 0 Å². The molecule has 0 spiro atoms. The molecular weight excluding hydrogens is 162 g/mol. The van der Waals surface area contributed by atoms with Crippen LogP contribution in [0.15, 0.2) is 0 Å². The molecule has 0 radical (unpaired) electrons. The quantitative estimate of drug-likeness (QED) is 0.589. The van der Waals surface area contributed by atoms with E-state index in [0.29, 0.717) is 6.04 Å². The van der Waals surface area contributed by atoms with Gasteiger partial charge in [0.15, 0.2) is 0 Å². The van der Waals surface area contributed by atoms with Crippen LogP contribution in [0.25, 0.3) is 0 Å². The zero-order valence-electron chi connectivity index (χ0n) is 9.60. The lowest BCUT2D eigenvalue weighted by Gasteiger charge is -2.17. The van der Waals surface area contributed by atoms with E-state index in [1.54, 1.807) is 0 Å². The highest BCUT2D eigenvalue weighted by Gasteiger charge is 2.07. The number of rotatable bonds is 8. The average molecular weight is 187 g/mol.